The third-order valence-electron chi connectivity index (χ3n) is 2.47. The van der Waals surface area contributed by atoms with Crippen LogP contribution in [0.4, 0.5) is 0 Å². The molecular weight excluding hydrogens is 198 g/mol. The minimum atomic E-state index is 0.115. The van der Waals surface area contributed by atoms with E-state index in [2.05, 4.69) is 56.8 Å². The topological polar surface area (TPSA) is 27.6 Å². The van der Waals surface area contributed by atoms with Crippen molar-refractivity contribution in [3.63, 3.8) is 0 Å². The van der Waals surface area contributed by atoms with E-state index in [1.165, 1.54) is 0 Å². The second kappa shape index (κ2) is 7.66. The van der Waals surface area contributed by atoms with Gasteiger partial charge in [-0.2, -0.15) is 0 Å². The number of amidine groups is 1. The fourth-order valence-corrected chi connectivity index (χ4v) is 1.54. The molecule has 0 amide bonds. The maximum absolute atomic E-state index is 4.63. The van der Waals surface area contributed by atoms with E-state index < -0.39 is 0 Å². The molecule has 0 radical (unpaired) electrons. The van der Waals surface area contributed by atoms with Crippen LogP contribution in [0.25, 0.3) is 0 Å². The predicted octanol–water partition coefficient (Wildman–Crippen LogP) is 2.52. The molecule has 96 valence electrons. The van der Waals surface area contributed by atoms with Crippen molar-refractivity contribution >= 4 is 5.84 Å². The molecule has 0 aliphatic carbocycles. The van der Waals surface area contributed by atoms with Crippen LogP contribution >= 0.6 is 0 Å². The summed E-state index contributed by atoms with van der Waals surface area (Å²) in [5, 5.41) is 3.45. The van der Waals surface area contributed by atoms with Gasteiger partial charge in [-0.25, -0.2) is 0 Å². The first-order valence-corrected chi connectivity index (χ1v) is 6.46. The van der Waals surface area contributed by atoms with Crippen LogP contribution in [-0.2, 0) is 0 Å². The van der Waals surface area contributed by atoms with Crippen molar-refractivity contribution in [1.82, 2.24) is 10.2 Å². The molecule has 0 saturated carbocycles. The molecule has 0 aromatic carbocycles. The normalized spacial score (nSPS) is 13.3. The number of aliphatic imine (C=N–C) groups is 1. The van der Waals surface area contributed by atoms with Crippen LogP contribution in [0.1, 0.15) is 48.0 Å². The Morgan fingerprint density at radius 2 is 1.69 bits per heavy atom. The Kier molecular flexibility index (Phi) is 7.39. The molecule has 0 aromatic rings. The molecule has 3 heteroatoms. The maximum Gasteiger partial charge on any atom is 0.0964 e. The first kappa shape index (κ1) is 15.4. The summed E-state index contributed by atoms with van der Waals surface area (Å²) in [7, 11) is 0. The molecule has 0 fully saturated rings. The van der Waals surface area contributed by atoms with Gasteiger partial charge in [0.25, 0.3) is 0 Å². The number of likely N-dealkylation sites (N-methyl/N-ethyl adjacent to an activating group) is 1. The molecule has 0 aromatic heterocycles. The highest BCUT2D eigenvalue weighted by molar-refractivity contribution is 5.82. The SMILES string of the molecule is CCC(=NCCN(CC)CC)NC(C)(C)C. The maximum atomic E-state index is 4.63. The van der Waals surface area contributed by atoms with Gasteiger partial charge in [-0.3, -0.25) is 4.99 Å². The van der Waals surface area contributed by atoms with Crippen LogP contribution < -0.4 is 5.32 Å². The molecule has 1 N–H and O–H groups in total. The van der Waals surface area contributed by atoms with Gasteiger partial charge in [-0.05, 0) is 33.9 Å². The Balaban J connectivity index is 4.07. The highest BCUT2D eigenvalue weighted by Crippen LogP contribution is 2.00. The van der Waals surface area contributed by atoms with E-state index >= 15 is 0 Å². The summed E-state index contributed by atoms with van der Waals surface area (Å²) < 4.78 is 0. The molecule has 0 aliphatic rings. The minimum Gasteiger partial charge on any atom is -0.369 e. The van der Waals surface area contributed by atoms with Gasteiger partial charge in [-0.1, -0.05) is 20.8 Å². The third-order valence-corrected chi connectivity index (χ3v) is 2.47. The first-order valence-electron chi connectivity index (χ1n) is 6.46. The van der Waals surface area contributed by atoms with Gasteiger partial charge in [0.05, 0.1) is 12.4 Å². The second-order valence-corrected chi connectivity index (χ2v) is 5.08. The van der Waals surface area contributed by atoms with E-state index in [9.17, 15) is 0 Å². The molecule has 0 spiro atoms. The van der Waals surface area contributed by atoms with Crippen molar-refractivity contribution in [2.24, 2.45) is 4.99 Å². The summed E-state index contributed by atoms with van der Waals surface area (Å²) in [4.78, 5) is 7.02. The summed E-state index contributed by atoms with van der Waals surface area (Å²) in [5.41, 5.74) is 0.115. The van der Waals surface area contributed by atoms with Gasteiger partial charge in [0.15, 0.2) is 0 Å². The number of rotatable bonds is 6. The van der Waals surface area contributed by atoms with E-state index in [4.69, 9.17) is 0 Å². The largest absolute Gasteiger partial charge is 0.369 e. The predicted molar refractivity (Wildman–Crippen MR) is 73.3 cm³/mol. The molecule has 0 rings (SSSR count). The Hall–Kier alpha value is -0.570. The van der Waals surface area contributed by atoms with E-state index in [-0.39, 0.29) is 5.54 Å². The molecule has 0 aliphatic heterocycles. The van der Waals surface area contributed by atoms with Crippen LogP contribution in [0.5, 0.6) is 0 Å². The lowest BCUT2D eigenvalue weighted by Crippen LogP contribution is -2.40. The molecule has 16 heavy (non-hydrogen) atoms. The van der Waals surface area contributed by atoms with Crippen molar-refractivity contribution in [2.45, 2.75) is 53.5 Å². The molecule has 3 nitrogen and oxygen atoms in total. The van der Waals surface area contributed by atoms with E-state index in [1.807, 2.05) is 0 Å². The lowest BCUT2D eigenvalue weighted by atomic mass is 10.1. The van der Waals surface area contributed by atoms with Crippen LogP contribution in [0.2, 0.25) is 0 Å². The molecular formula is C13H29N3. The molecule has 0 atom stereocenters. The zero-order chi connectivity index (χ0) is 12.6. The van der Waals surface area contributed by atoms with Crippen molar-refractivity contribution < 1.29 is 0 Å². The number of nitrogens with zero attached hydrogens (tertiary/aromatic N) is 2. The van der Waals surface area contributed by atoms with Crippen molar-refractivity contribution in [2.75, 3.05) is 26.2 Å². The minimum absolute atomic E-state index is 0.115. The van der Waals surface area contributed by atoms with E-state index in [0.29, 0.717) is 0 Å². The van der Waals surface area contributed by atoms with Crippen LogP contribution in [0, 0.1) is 0 Å². The standard InChI is InChI=1S/C13H29N3/c1-7-12(15-13(4,5)6)14-10-11-16(8-2)9-3/h7-11H2,1-6H3,(H,14,15). The Bertz CT molecular complexity index is 200. The van der Waals surface area contributed by atoms with Crippen LogP contribution in [-0.4, -0.2) is 42.5 Å². The highest BCUT2D eigenvalue weighted by atomic mass is 15.1. The lowest BCUT2D eigenvalue weighted by Gasteiger charge is -2.23. The summed E-state index contributed by atoms with van der Waals surface area (Å²) in [6, 6.07) is 0. The second-order valence-electron chi connectivity index (χ2n) is 5.08. The quantitative estimate of drug-likeness (QED) is 0.558. The van der Waals surface area contributed by atoms with Gasteiger partial charge >= 0.3 is 0 Å². The Morgan fingerprint density at radius 3 is 2.06 bits per heavy atom. The van der Waals surface area contributed by atoms with Crippen molar-refractivity contribution in [1.29, 1.82) is 0 Å². The third kappa shape index (κ3) is 7.69. The summed E-state index contributed by atoms with van der Waals surface area (Å²) in [6.45, 7) is 17.2. The summed E-state index contributed by atoms with van der Waals surface area (Å²) >= 11 is 0. The molecule has 0 saturated heterocycles. The van der Waals surface area contributed by atoms with Gasteiger partial charge in [0.1, 0.15) is 0 Å². The lowest BCUT2D eigenvalue weighted by molar-refractivity contribution is 0.312. The average molecular weight is 227 g/mol. The number of hydrogen-bond donors (Lipinski definition) is 1. The number of hydrogen-bond acceptors (Lipinski definition) is 2. The number of nitrogens with one attached hydrogen (secondary N) is 1. The molecule has 0 bridgehead atoms. The van der Waals surface area contributed by atoms with Gasteiger partial charge < -0.3 is 10.2 Å². The Labute approximate surface area is 101 Å². The molecule has 0 heterocycles. The summed E-state index contributed by atoms with van der Waals surface area (Å²) in [6.07, 6.45) is 0.982. The zero-order valence-electron chi connectivity index (χ0n) is 11.9. The fourth-order valence-electron chi connectivity index (χ4n) is 1.54. The fraction of sp³-hybridized carbons (Fsp3) is 0.923. The van der Waals surface area contributed by atoms with Gasteiger partial charge in [0, 0.05) is 18.5 Å². The average Bonchev–Trinajstić information content (AvgIpc) is 2.21. The summed E-state index contributed by atoms with van der Waals surface area (Å²) in [5.74, 6) is 1.12. The van der Waals surface area contributed by atoms with E-state index in [0.717, 1.165) is 38.4 Å². The van der Waals surface area contributed by atoms with Crippen LogP contribution in [0.15, 0.2) is 4.99 Å². The Morgan fingerprint density at radius 1 is 1.12 bits per heavy atom. The zero-order valence-corrected chi connectivity index (χ0v) is 11.9. The van der Waals surface area contributed by atoms with Gasteiger partial charge in [-0.15, -0.1) is 0 Å². The smallest absolute Gasteiger partial charge is 0.0964 e. The van der Waals surface area contributed by atoms with Crippen molar-refractivity contribution in [3.05, 3.63) is 0 Å². The van der Waals surface area contributed by atoms with Crippen LogP contribution in [0.3, 0.4) is 0 Å². The monoisotopic (exact) mass is 227 g/mol. The molecule has 0 unspecified atom stereocenters. The first-order chi connectivity index (χ1) is 7.42. The van der Waals surface area contributed by atoms with Gasteiger partial charge in [0.2, 0.25) is 0 Å². The van der Waals surface area contributed by atoms with E-state index in [1.54, 1.807) is 0 Å². The highest BCUT2D eigenvalue weighted by Gasteiger charge is 2.10. The van der Waals surface area contributed by atoms with Crippen molar-refractivity contribution in [3.8, 4) is 0 Å².